The summed E-state index contributed by atoms with van der Waals surface area (Å²) < 4.78 is 0. The molecule has 1 aliphatic rings. The molecule has 15 heavy (non-hydrogen) atoms. The normalized spacial score (nSPS) is 22.9. The van der Waals surface area contributed by atoms with Crippen LogP contribution >= 0.6 is 11.8 Å². The van der Waals surface area contributed by atoms with Crippen molar-refractivity contribution in [3.63, 3.8) is 0 Å². The fourth-order valence-electron chi connectivity index (χ4n) is 1.92. The highest BCUT2D eigenvalue weighted by atomic mass is 32.2. The van der Waals surface area contributed by atoms with E-state index in [4.69, 9.17) is 0 Å². The first-order chi connectivity index (χ1) is 7.38. The summed E-state index contributed by atoms with van der Waals surface area (Å²) in [6.45, 7) is 5.83. The zero-order chi connectivity index (χ0) is 10.5. The lowest BCUT2D eigenvalue weighted by atomic mass is 10.2. The van der Waals surface area contributed by atoms with Crippen molar-refractivity contribution < 1.29 is 0 Å². The minimum atomic E-state index is 0.834. The summed E-state index contributed by atoms with van der Waals surface area (Å²) >= 11 is 2.12. The van der Waals surface area contributed by atoms with Gasteiger partial charge in [0.2, 0.25) is 0 Å². The second kappa shape index (κ2) is 5.52. The fraction of sp³-hybridized carbons (Fsp3) is 0.583. The number of aromatic nitrogens is 1. The van der Waals surface area contributed by atoms with Crippen LogP contribution in [0, 0.1) is 0 Å². The first-order valence-corrected chi connectivity index (χ1v) is 6.66. The molecule has 1 unspecified atom stereocenters. The van der Waals surface area contributed by atoms with Gasteiger partial charge >= 0.3 is 0 Å². The van der Waals surface area contributed by atoms with Gasteiger partial charge in [-0.05, 0) is 24.1 Å². The number of hydrogen-bond acceptors (Lipinski definition) is 3. The predicted octanol–water partition coefficient (Wildman–Crippen LogP) is 2.41. The van der Waals surface area contributed by atoms with Crippen LogP contribution in [0.15, 0.2) is 24.5 Å². The highest BCUT2D eigenvalue weighted by Gasteiger charge is 2.18. The molecule has 82 valence electrons. The topological polar surface area (TPSA) is 16.1 Å². The van der Waals surface area contributed by atoms with Crippen molar-refractivity contribution >= 4 is 11.8 Å². The lowest BCUT2D eigenvalue weighted by molar-refractivity contribution is 0.273. The van der Waals surface area contributed by atoms with Crippen molar-refractivity contribution in [3.05, 3.63) is 30.1 Å². The molecule has 1 atom stereocenters. The van der Waals surface area contributed by atoms with Gasteiger partial charge < -0.3 is 0 Å². The zero-order valence-electron chi connectivity index (χ0n) is 9.22. The maximum atomic E-state index is 4.05. The van der Waals surface area contributed by atoms with Crippen LogP contribution in [0.4, 0.5) is 0 Å². The third kappa shape index (κ3) is 3.21. The first kappa shape index (κ1) is 11.0. The molecule has 0 spiro atoms. The second-order valence-corrected chi connectivity index (χ2v) is 5.40. The molecule has 2 heterocycles. The van der Waals surface area contributed by atoms with Gasteiger partial charge in [0.25, 0.3) is 0 Å². The van der Waals surface area contributed by atoms with Crippen LogP contribution in [0.25, 0.3) is 0 Å². The molecule has 3 heteroatoms. The highest BCUT2D eigenvalue weighted by Crippen LogP contribution is 2.22. The molecule has 2 rings (SSSR count). The smallest absolute Gasteiger partial charge is 0.0271 e. The van der Waals surface area contributed by atoms with Gasteiger partial charge in [0.05, 0.1) is 0 Å². The van der Waals surface area contributed by atoms with Crippen LogP contribution in [0.2, 0.25) is 0 Å². The number of hydrogen-bond donors (Lipinski definition) is 0. The maximum absolute atomic E-state index is 4.05. The van der Waals surface area contributed by atoms with Gasteiger partial charge in [-0.15, -0.1) is 0 Å². The molecule has 2 nitrogen and oxygen atoms in total. The molecule has 1 aliphatic heterocycles. The van der Waals surface area contributed by atoms with Crippen molar-refractivity contribution in [1.82, 2.24) is 9.88 Å². The average Bonchev–Trinajstić information content (AvgIpc) is 2.31. The van der Waals surface area contributed by atoms with E-state index in [1.54, 1.807) is 0 Å². The monoisotopic (exact) mass is 222 g/mol. The molecule has 1 aromatic heterocycles. The van der Waals surface area contributed by atoms with Crippen molar-refractivity contribution in [2.24, 2.45) is 0 Å². The van der Waals surface area contributed by atoms with Crippen LogP contribution in [0.1, 0.15) is 18.9 Å². The van der Waals surface area contributed by atoms with Crippen LogP contribution in [-0.4, -0.2) is 34.0 Å². The summed E-state index contributed by atoms with van der Waals surface area (Å²) in [5.41, 5.74) is 1.38. The molecule has 0 N–H and O–H groups in total. The summed E-state index contributed by atoms with van der Waals surface area (Å²) in [6, 6.07) is 4.23. The Morgan fingerprint density at radius 1 is 1.47 bits per heavy atom. The lowest BCUT2D eigenvalue weighted by Crippen LogP contribution is -2.36. The van der Waals surface area contributed by atoms with Crippen LogP contribution in [-0.2, 0) is 6.54 Å². The Balaban J connectivity index is 1.89. The minimum Gasteiger partial charge on any atom is -0.297 e. The summed E-state index contributed by atoms with van der Waals surface area (Å²) in [6.07, 6.45) is 5.05. The van der Waals surface area contributed by atoms with E-state index in [1.807, 2.05) is 12.4 Å². The van der Waals surface area contributed by atoms with Gasteiger partial charge in [-0.25, -0.2) is 0 Å². The van der Waals surface area contributed by atoms with E-state index >= 15 is 0 Å². The molecular weight excluding hydrogens is 204 g/mol. The molecule has 0 radical (unpaired) electrons. The SMILES string of the molecule is CCC1CN(Cc2ccncc2)CCS1. The number of thioether (sulfide) groups is 1. The van der Waals surface area contributed by atoms with E-state index in [1.165, 1.54) is 30.8 Å². The van der Waals surface area contributed by atoms with Crippen LogP contribution in [0.3, 0.4) is 0 Å². The van der Waals surface area contributed by atoms with Gasteiger partial charge in [-0.3, -0.25) is 9.88 Å². The van der Waals surface area contributed by atoms with E-state index in [2.05, 4.69) is 40.7 Å². The molecule has 1 saturated heterocycles. The van der Waals surface area contributed by atoms with E-state index in [0.29, 0.717) is 0 Å². The van der Waals surface area contributed by atoms with E-state index in [-0.39, 0.29) is 0 Å². The Labute approximate surface area is 96.1 Å². The quantitative estimate of drug-likeness (QED) is 0.781. The molecule has 1 fully saturated rings. The van der Waals surface area contributed by atoms with Gasteiger partial charge in [0.1, 0.15) is 0 Å². The molecule has 0 saturated carbocycles. The van der Waals surface area contributed by atoms with Crippen molar-refractivity contribution in [2.75, 3.05) is 18.8 Å². The van der Waals surface area contributed by atoms with Gasteiger partial charge in [0.15, 0.2) is 0 Å². The second-order valence-electron chi connectivity index (χ2n) is 3.99. The largest absolute Gasteiger partial charge is 0.297 e. The first-order valence-electron chi connectivity index (χ1n) is 5.61. The fourth-order valence-corrected chi connectivity index (χ4v) is 3.17. The van der Waals surface area contributed by atoms with Crippen molar-refractivity contribution in [3.8, 4) is 0 Å². The van der Waals surface area contributed by atoms with Gasteiger partial charge in [-0.2, -0.15) is 11.8 Å². The lowest BCUT2D eigenvalue weighted by Gasteiger charge is -2.31. The summed E-state index contributed by atoms with van der Waals surface area (Å²) in [4.78, 5) is 6.60. The van der Waals surface area contributed by atoms with Crippen LogP contribution in [0.5, 0.6) is 0 Å². The molecule has 0 amide bonds. The van der Waals surface area contributed by atoms with E-state index in [0.717, 1.165) is 11.8 Å². The third-order valence-corrected chi connectivity index (χ3v) is 4.21. The number of nitrogens with zero attached hydrogens (tertiary/aromatic N) is 2. The van der Waals surface area contributed by atoms with Crippen LogP contribution < -0.4 is 0 Å². The summed E-state index contributed by atoms with van der Waals surface area (Å²) in [7, 11) is 0. The maximum Gasteiger partial charge on any atom is 0.0271 e. The minimum absolute atomic E-state index is 0.834. The van der Waals surface area contributed by atoms with Crippen molar-refractivity contribution in [1.29, 1.82) is 0 Å². The zero-order valence-corrected chi connectivity index (χ0v) is 10.0. The predicted molar refractivity (Wildman–Crippen MR) is 66.1 cm³/mol. The summed E-state index contributed by atoms with van der Waals surface area (Å²) in [5, 5.41) is 0.834. The standard InChI is InChI=1S/C12H18N2S/c1-2-12-10-14(7-8-15-12)9-11-3-5-13-6-4-11/h3-6,12H,2,7-10H2,1H3. The summed E-state index contributed by atoms with van der Waals surface area (Å²) in [5.74, 6) is 1.28. The molecule has 0 aliphatic carbocycles. The number of rotatable bonds is 3. The Hall–Kier alpha value is -0.540. The van der Waals surface area contributed by atoms with E-state index < -0.39 is 0 Å². The van der Waals surface area contributed by atoms with E-state index in [9.17, 15) is 0 Å². The molecule has 1 aromatic rings. The Morgan fingerprint density at radius 2 is 2.27 bits per heavy atom. The average molecular weight is 222 g/mol. The Morgan fingerprint density at radius 3 is 3.00 bits per heavy atom. The molecular formula is C12H18N2S. The Kier molecular flexibility index (Phi) is 4.03. The third-order valence-electron chi connectivity index (χ3n) is 2.83. The molecule has 0 bridgehead atoms. The Bertz CT molecular complexity index is 289. The molecule has 0 aromatic carbocycles. The highest BCUT2D eigenvalue weighted by molar-refractivity contribution is 8.00. The van der Waals surface area contributed by atoms with Gasteiger partial charge in [0, 0.05) is 43.0 Å². The van der Waals surface area contributed by atoms with Crippen molar-refractivity contribution in [2.45, 2.75) is 25.1 Å². The van der Waals surface area contributed by atoms with Gasteiger partial charge in [-0.1, -0.05) is 6.92 Å². The number of pyridine rings is 1.